The van der Waals surface area contributed by atoms with Gasteiger partial charge in [0.15, 0.2) is 0 Å². The van der Waals surface area contributed by atoms with Crippen molar-refractivity contribution in [2.24, 2.45) is 17.8 Å². The van der Waals surface area contributed by atoms with Crippen LogP contribution in [0.15, 0.2) is 0 Å². The Hall–Kier alpha value is -0.320. The number of morpholine rings is 1. The lowest BCUT2D eigenvalue weighted by Crippen LogP contribution is -2.48. The monoisotopic (exact) mass is 314 g/mol. The molecule has 3 heterocycles. The number of rotatable bonds is 2. The summed E-state index contributed by atoms with van der Waals surface area (Å²) in [7, 11) is 0. The number of nitrogens with zero attached hydrogens (tertiary/aromatic N) is 1. The molecule has 0 radical (unpaired) electrons. The Morgan fingerprint density at radius 1 is 1.10 bits per heavy atom. The van der Waals surface area contributed by atoms with Gasteiger partial charge in [0.05, 0.1) is 13.2 Å². The number of ether oxygens (including phenoxy) is 1. The first-order chi connectivity index (χ1) is 9.78. The lowest BCUT2D eigenvalue weighted by Gasteiger charge is -2.39. The molecule has 5 heteroatoms. The molecule has 3 saturated heterocycles. The number of nitrogens with one attached hydrogen (secondary N) is 1. The molecule has 5 aliphatic rings. The van der Waals surface area contributed by atoms with Gasteiger partial charge in [-0.3, -0.25) is 4.79 Å². The van der Waals surface area contributed by atoms with Gasteiger partial charge in [-0.05, 0) is 49.9 Å². The molecule has 5 rings (SSSR count). The second kappa shape index (κ2) is 6.43. The summed E-state index contributed by atoms with van der Waals surface area (Å²) in [5.41, 5.74) is 0. The minimum Gasteiger partial charge on any atom is -0.378 e. The van der Waals surface area contributed by atoms with Crippen LogP contribution in [0.25, 0.3) is 0 Å². The zero-order valence-corrected chi connectivity index (χ0v) is 13.4. The van der Waals surface area contributed by atoms with E-state index in [2.05, 4.69) is 10.2 Å². The minimum atomic E-state index is 0. The molecule has 0 aromatic heterocycles. The highest BCUT2D eigenvalue weighted by atomic mass is 35.5. The lowest BCUT2D eigenvalue weighted by molar-refractivity contribution is -0.135. The summed E-state index contributed by atoms with van der Waals surface area (Å²) >= 11 is 0. The third-order valence-corrected chi connectivity index (χ3v) is 5.85. The molecule has 2 aliphatic carbocycles. The minimum absolute atomic E-state index is 0. The van der Waals surface area contributed by atoms with E-state index in [0.717, 1.165) is 37.5 Å². The summed E-state index contributed by atoms with van der Waals surface area (Å²) < 4.78 is 5.47. The van der Waals surface area contributed by atoms with Gasteiger partial charge in [-0.2, -0.15) is 0 Å². The Kier molecular flexibility index (Phi) is 4.77. The van der Waals surface area contributed by atoms with Crippen LogP contribution in [-0.4, -0.2) is 49.2 Å². The van der Waals surface area contributed by atoms with Gasteiger partial charge in [-0.1, -0.05) is 0 Å². The molecule has 2 saturated carbocycles. The number of hydrogen-bond donors (Lipinski definition) is 1. The van der Waals surface area contributed by atoms with E-state index in [9.17, 15) is 4.79 Å². The third-order valence-electron chi connectivity index (χ3n) is 5.85. The second-order valence-corrected chi connectivity index (χ2v) is 7.41. The van der Waals surface area contributed by atoms with Crippen molar-refractivity contribution in [2.45, 2.75) is 50.6 Å². The summed E-state index contributed by atoms with van der Waals surface area (Å²) in [6.45, 7) is 3.39. The van der Waals surface area contributed by atoms with Crippen molar-refractivity contribution in [3.8, 4) is 0 Å². The molecule has 3 atom stereocenters. The lowest BCUT2D eigenvalue weighted by atomic mass is 9.68. The van der Waals surface area contributed by atoms with Crippen LogP contribution in [0.2, 0.25) is 0 Å². The fourth-order valence-corrected chi connectivity index (χ4v) is 5.17. The molecule has 0 aromatic rings. The Balaban J connectivity index is 0.00000132. The quantitative estimate of drug-likeness (QED) is 0.845. The zero-order valence-electron chi connectivity index (χ0n) is 12.6. The molecule has 3 unspecified atom stereocenters. The fraction of sp³-hybridized carbons (Fsp3) is 0.938. The van der Waals surface area contributed by atoms with Gasteiger partial charge in [0, 0.05) is 31.6 Å². The number of amides is 1. The van der Waals surface area contributed by atoms with Crippen molar-refractivity contribution in [1.29, 1.82) is 0 Å². The molecular formula is C16H27ClN2O2. The van der Waals surface area contributed by atoms with Gasteiger partial charge in [0.2, 0.25) is 5.91 Å². The predicted molar refractivity (Wildman–Crippen MR) is 83.5 cm³/mol. The van der Waals surface area contributed by atoms with Crippen LogP contribution in [0.1, 0.15) is 38.5 Å². The highest BCUT2D eigenvalue weighted by Crippen LogP contribution is 2.47. The Morgan fingerprint density at radius 3 is 2.48 bits per heavy atom. The van der Waals surface area contributed by atoms with Crippen LogP contribution >= 0.6 is 12.4 Å². The Bertz CT molecular complexity index is 372. The molecule has 4 bridgehead atoms. The van der Waals surface area contributed by atoms with Crippen molar-refractivity contribution in [1.82, 2.24) is 10.2 Å². The van der Waals surface area contributed by atoms with E-state index in [1.54, 1.807) is 0 Å². The summed E-state index contributed by atoms with van der Waals surface area (Å²) in [4.78, 5) is 15.0. The van der Waals surface area contributed by atoms with Crippen molar-refractivity contribution in [3.63, 3.8) is 0 Å². The molecule has 0 spiro atoms. The average Bonchev–Trinajstić information content (AvgIpc) is 2.64. The number of carbonyl (C=O) groups excluding carboxylic acids is 1. The molecule has 1 N–H and O–H groups in total. The highest BCUT2D eigenvalue weighted by molar-refractivity contribution is 5.85. The summed E-state index contributed by atoms with van der Waals surface area (Å²) in [6.07, 6.45) is 7.36. The van der Waals surface area contributed by atoms with E-state index in [0.29, 0.717) is 25.0 Å². The maximum atomic E-state index is 12.7. The normalized spacial score (nSPS) is 41.5. The molecule has 1 amide bonds. The number of carbonyl (C=O) groups is 1. The first kappa shape index (κ1) is 15.6. The van der Waals surface area contributed by atoms with Crippen LogP contribution in [0.3, 0.4) is 0 Å². The molecule has 4 nitrogen and oxygen atoms in total. The molecule has 120 valence electrons. The van der Waals surface area contributed by atoms with Gasteiger partial charge in [0.1, 0.15) is 0 Å². The maximum Gasteiger partial charge on any atom is 0.224 e. The number of fused-ring (bicyclic) bond motifs is 1. The van der Waals surface area contributed by atoms with Gasteiger partial charge in [0.25, 0.3) is 0 Å². The SMILES string of the molecule is Cl.O=C(CC1COCCN1)N1CC2CC3CC(C2)CC1C3. The fourth-order valence-electron chi connectivity index (χ4n) is 5.17. The second-order valence-electron chi connectivity index (χ2n) is 7.41. The first-order valence-corrected chi connectivity index (χ1v) is 8.38. The predicted octanol–water partition coefficient (Wildman–Crippen LogP) is 1.82. The van der Waals surface area contributed by atoms with Crippen LogP contribution in [0.4, 0.5) is 0 Å². The van der Waals surface area contributed by atoms with E-state index in [1.807, 2.05) is 0 Å². The molecule has 21 heavy (non-hydrogen) atoms. The molecule has 5 fully saturated rings. The Morgan fingerprint density at radius 2 is 1.81 bits per heavy atom. The third kappa shape index (κ3) is 3.22. The topological polar surface area (TPSA) is 41.6 Å². The van der Waals surface area contributed by atoms with Crippen LogP contribution in [0.5, 0.6) is 0 Å². The van der Waals surface area contributed by atoms with Crippen molar-refractivity contribution >= 4 is 18.3 Å². The summed E-state index contributed by atoms with van der Waals surface area (Å²) in [6, 6.07) is 0.775. The van der Waals surface area contributed by atoms with E-state index < -0.39 is 0 Å². The van der Waals surface area contributed by atoms with Crippen LogP contribution in [0, 0.1) is 17.8 Å². The largest absolute Gasteiger partial charge is 0.378 e. The van der Waals surface area contributed by atoms with Crippen molar-refractivity contribution in [2.75, 3.05) is 26.3 Å². The van der Waals surface area contributed by atoms with Gasteiger partial charge in [-0.25, -0.2) is 0 Å². The van der Waals surface area contributed by atoms with Gasteiger partial charge < -0.3 is 15.0 Å². The summed E-state index contributed by atoms with van der Waals surface area (Å²) in [5.74, 6) is 2.97. The van der Waals surface area contributed by atoms with Crippen LogP contribution in [-0.2, 0) is 9.53 Å². The standard InChI is InChI=1S/C16H26N2O2.ClH/c19-16(8-14-10-20-2-1-17-14)18-9-13-4-11-3-12(5-13)7-15(18)6-11;/h11-15,17H,1-10H2;1H. The van der Waals surface area contributed by atoms with E-state index in [1.165, 1.54) is 32.1 Å². The van der Waals surface area contributed by atoms with E-state index >= 15 is 0 Å². The number of hydrogen-bond acceptors (Lipinski definition) is 3. The molecular weight excluding hydrogens is 288 g/mol. The smallest absolute Gasteiger partial charge is 0.224 e. The van der Waals surface area contributed by atoms with Gasteiger partial charge >= 0.3 is 0 Å². The van der Waals surface area contributed by atoms with Crippen molar-refractivity contribution < 1.29 is 9.53 Å². The molecule has 0 aromatic carbocycles. The average molecular weight is 315 g/mol. The zero-order chi connectivity index (χ0) is 13.5. The first-order valence-electron chi connectivity index (χ1n) is 8.38. The van der Waals surface area contributed by atoms with Crippen LogP contribution < -0.4 is 5.32 Å². The van der Waals surface area contributed by atoms with Crippen molar-refractivity contribution in [3.05, 3.63) is 0 Å². The van der Waals surface area contributed by atoms with E-state index in [-0.39, 0.29) is 18.4 Å². The maximum absolute atomic E-state index is 12.7. The summed E-state index contributed by atoms with van der Waals surface area (Å²) in [5, 5.41) is 3.41. The number of halogens is 1. The molecule has 3 aliphatic heterocycles. The Labute approximate surface area is 133 Å². The van der Waals surface area contributed by atoms with Gasteiger partial charge in [-0.15, -0.1) is 12.4 Å². The van der Waals surface area contributed by atoms with E-state index in [4.69, 9.17) is 4.74 Å². The highest BCUT2D eigenvalue weighted by Gasteiger charge is 2.44.